The number of imidazole rings is 1. The van der Waals surface area contributed by atoms with Crippen LogP contribution in [0.5, 0.6) is 0 Å². The van der Waals surface area contributed by atoms with Crippen molar-refractivity contribution in [3.05, 3.63) is 65.6 Å². The van der Waals surface area contributed by atoms with E-state index >= 15 is 0 Å². The Kier molecular flexibility index (Phi) is 2.99. The van der Waals surface area contributed by atoms with Crippen molar-refractivity contribution in [2.24, 2.45) is 0 Å². The summed E-state index contributed by atoms with van der Waals surface area (Å²) in [6.07, 6.45) is 3.60. The molecule has 4 heteroatoms. The zero-order valence-corrected chi connectivity index (χ0v) is 11.4. The Hall–Kier alpha value is -2.62. The Bertz CT molecular complexity index is 756. The van der Waals surface area contributed by atoms with Crippen LogP contribution in [0.15, 0.2) is 48.8 Å². The van der Waals surface area contributed by atoms with Crippen LogP contribution in [-0.4, -0.2) is 15.3 Å². The maximum atomic E-state index is 12.3. The van der Waals surface area contributed by atoms with Crippen molar-refractivity contribution in [1.29, 1.82) is 0 Å². The van der Waals surface area contributed by atoms with E-state index in [1.165, 1.54) is 0 Å². The number of rotatable bonds is 2. The van der Waals surface area contributed by atoms with Gasteiger partial charge in [-0.05, 0) is 43.2 Å². The van der Waals surface area contributed by atoms with Gasteiger partial charge in [-0.3, -0.25) is 4.79 Å². The lowest BCUT2D eigenvalue weighted by Crippen LogP contribution is -2.13. The third-order valence-corrected chi connectivity index (χ3v) is 3.24. The highest BCUT2D eigenvalue weighted by atomic mass is 16.1. The first-order chi connectivity index (χ1) is 9.63. The van der Waals surface area contributed by atoms with Crippen molar-refractivity contribution in [3.8, 4) is 0 Å². The lowest BCUT2D eigenvalue weighted by molar-refractivity contribution is 0.102. The van der Waals surface area contributed by atoms with Crippen LogP contribution in [0.25, 0.3) is 5.65 Å². The fraction of sp³-hybridized carbons (Fsp3) is 0.125. The number of hydrogen-bond donors (Lipinski definition) is 1. The minimum Gasteiger partial charge on any atom is -0.320 e. The second-order valence-electron chi connectivity index (χ2n) is 4.86. The van der Waals surface area contributed by atoms with Crippen molar-refractivity contribution >= 4 is 17.2 Å². The van der Waals surface area contributed by atoms with E-state index in [2.05, 4.69) is 10.3 Å². The van der Waals surface area contributed by atoms with Crippen LogP contribution in [0.2, 0.25) is 0 Å². The van der Waals surface area contributed by atoms with Gasteiger partial charge >= 0.3 is 0 Å². The number of anilines is 1. The molecule has 0 saturated heterocycles. The summed E-state index contributed by atoms with van der Waals surface area (Å²) in [4.78, 5) is 16.6. The molecular weight excluding hydrogens is 250 g/mol. The standard InChI is InChI=1S/C16H15N3O/c1-11-6-7-12(2)13(9-11)18-16(20)14-10-19-8-4-3-5-15(19)17-14/h3-10H,1-2H3,(H,18,20). The molecular formula is C16H15N3O. The summed E-state index contributed by atoms with van der Waals surface area (Å²) in [5.41, 5.74) is 4.15. The molecule has 1 amide bonds. The van der Waals surface area contributed by atoms with Crippen molar-refractivity contribution < 1.29 is 4.79 Å². The van der Waals surface area contributed by atoms with E-state index in [1.54, 1.807) is 6.20 Å². The van der Waals surface area contributed by atoms with E-state index in [0.29, 0.717) is 5.69 Å². The molecule has 0 atom stereocenters. The fourth-order valence-electron chi connectivity index (χ4n) is 2.10. The van der Waals surface area contributed by atoms with Crippen LogP contribution in [-0.2, 0) is 0 Å². The molecule has 4 nitrogen and oxygen atoms in total. The average Bonchev–Trinajstić information content (AvgIpc) is 2.87. The van der Waals surface area contributed by atoms with E-state index in [4.69, 9.17) is 0 Å². The summed E-state index contributed by atoms with van der Waals surface area (Å²) in [6, 6.07) is 11.7. The number of carbonyl (C=O) groups is 1. The lowest BCUT2D eigenvalue weighted by Gasteiger charge is -2.07. The van der Waals surface area contributed by atoms with Gasteiger partial charge in [0, 0.05) is 18.1 Å². The number of aromatic nitrogens is 2. The van der Waals surface area contributed by atoms with Crippen molar-refractivity contribution in [1.82, 2.24) is 9.38 Å². The minimum absolute atomic E-state index is 0.192. The quantitative estimate of drug-likeness (QED) is 0.773. The van der Waals surface area contributed by atoms with Crippen molar-refractivity contribution in [2.75, 3.05) is 5.32 Å². The summed E-state index contributed by atoms with van der Waals surface area (Å²) in [5.74, 6) is -0.192. The summed E-state index contributed by atoms with van der Waals surface area (Å²) in [6.45, 7) is 3.97. The Morgan fingerprint density at radius 3 is 2.85 bits per heavy atom. The summed E-state index contributed by atoms with van der Waals surface area (Å²) >= 11 is 0. The predicted octanol–water partition coefficient (Wildman–Crippen LogP) is 3.20. The van der Waals surface area contributed by atoms with Crippen molar-refractivity contribution in [2.45, 2.75) is 13.8 Å². The number of nitrogens with one attached hydrogen (secondary N) is 1. The van der Waals surface area contributed by atoms with E-state index in [9.17, 15) is 4.79 Å². The number of amides is 1. The molecule has 1 aromatic carbocycles. The Labute approximate surface area is 117 Å². The van der Waals surface area contributed by atoms with Gasteiger partial charge in [-0.2, -0.15) is 0 Å². The van der Waals surface area contributed by atoms with E-state index in [1.807, 2.05) is 60.8 Å². The number of aryl methyl sites for hydroxylation is 2. The number of carbonyl (C=O) groups excluding carboxylic acids is 1. The van der Waals surface area contributed by atoms with Gasteiger partial charge in [-0.1, -0.05) is 18.2 Å². The van der Waals surface area contributed by atoms with Gasteiger partial charge in [0.05, 0.1) is 0 Å². The SMILES string of the molecule is Cc1ccc(C)c(NC(=O)c2cn3ccccc3n2)c1. The molecule has 3 aromatic rings. The molecule has 2 aromatic heterocycles. The first-order valence-corrected chi connectivity index (χ1v) is 6.46. The molecule has 20 heavy (non-hydrogen) atoms. The predicted molar refractivity (Wildman–Crippen MR) is 79.1 cm³/mol. The fourth-order valence-corrected chi connectivity index (χ4v) is 2.10. The third-order valence-electron chi connectivity index (χ3n) is 3.24. The van der Waals surface area contributed by atoms with Gasteiger partial charge < -0.3 is 9.72 Å². The molecule has 0 radical (unpaired) electrons. The minimum atomic E-state index is -0.192. The second-order valence-corrected chi connectivity index (χ2v) is 4.86. The van der Waals surface area contributed by atoms with E-state index < -0.39 is 0 Å². The molecule has 2 heterocycles. The monoisotopic (exact) mass is 265 g/mol. The molecule has 0 spiro atoms. The Morgan fingerprint density at radius 1 is 1.20 bits per heavy atom. The molecule has 0 aliphatic heterocycles. The van der Waals surface area contributed by atoms with Crippen LogP contribution >= 0.6 is 0 Å². The van der Waals surface area contributed by atoms with Crippen LogP contribution in [0.3, 0.4) is 0 Å². The highest BCUT2D eigenvalue weighted by Gasteiger charge is 2.11. The average molecular weight is 265 g/mol. The van der Waals surface area contributed by atoms with Gasteiger partial charge in [-0.15, -0.1) is 0 Å². The summed E-state index contributed by atoms with van der Waals surface area (Å²) in [7, 11) is 0. The molecule has 3 rings (SSSR count). The van der Waals surface area contributed by atoms with Crippen molar-refractivity contribution in [3.63, 3.8) is 0 Å². The number of benzene rings is 1. The van der Waals surface area contributed by atoms with Gasteiger partial charge in [0.2, 0.25) is 0 Å². The van der Waals surface area contributed by atoms with E-state index in [-0.39, 0.29) is 5.91 Å². The highest BCUT2D eigenvalue weighted by Crippen LogP contribution is 2.17. The molecule has 0 saturated carbocycles. The van der Waals surface area contributed by atoms with E-state index in [0.717, 1.165) is 22.5 Å². The van der Waals surface area contributed by atoms with Gasteiger partial charge in [0.25, 0.3) is 5.91 Å². The van der Waals surface area contributed by atoms with Crippen LogP contribution in [0.1, 0.15) is 21.6 Å². The second kappa shape index (κ2) is 4.81. The number of fused-ring (bicyclic) bond motifs is 1. The molecule has 0 fully saturated rings. The normalized spacial score (nSPS) is 10.7. The van der Waals surface area contributed by atoms with Crippen LogP contribution < -0.4 is 5.32 Å². The molecule has 0 unspecified atom stereocenters. The molecule has 0 bridgehead atoms. The van der Waals surface area contributed by atoms with Crippen LogP contribution in [0, 0.1) is 13.8 Å². The lowest BCUT2D eigenvalue weighted by atomic mass is 10.1. The molecule has 100 valence electrons. The number of pyridine rings is 1. The topological polar surface area (TPSA) is 46.4 Å². The number of nitrogens with zero attached hydrogens (tertiary/aromatic N) is 2. The summed E-state index contributed by atoms with van der Waals surface area (Å²) < 4.78 is 1.83. The Morgan fingerprint density at radius 2 is 2.05 bits per heavy atom. The first-order valence-electron chi connectivity index (χ1n) is 6.46. The zero-order valence-electron chi connectivity index (χ0n) is 11.4. The van der Waals surface area contributed by atoms with Crippen LogP contribution in [0.4, 0.5) is 5.69 Å². The first kappa shape index (κ1) is 12.4. The maximum Gasteiger partial charge on any atom is 0.275 e. The third kappa shape index (κ3) is 2.28. The molecule has 0 aliphatic carbocycles. The maximum absolute atomic E-state index is 12.3. The molecule has 1 N–H and O–H groups in total. The molecule has 0 aliphatic rings. The van der Waals surface area contributed by atoms with Gasteiger partial charge in [0.15, 0.2) is 0 Å². The number of hydrogen-bond acceptors (Lipinski definition) is 2. The largest absolute Gasteiger partial charge is 0.320 e. The van der Waals surface area contributed by atoms with Gasteiger partial charge in [-0.25, -0.2) is 4.98 Å². The summed E-state index contributed by atoms with van der Waals surface area (Å²) in [5, 5.41) is 2.91. The zero-order chi connectivity index (χ0) is 14.1. The highest BCUT2D eigenvalue weighted by molar-refractivity contribution is 6.03. The smallest absolute Gasteiger partial charge is 0.275 e. The Balaban J connectivity index is 1.90. The van der Waals surface area contributed by atoms with Gasteiger partial charge in [0.1, 0.15) is 11.3 Å².